The van der Waals surface area contributed by atoms with Crippen LogP contribution in [0.5, 0.6) is 5.75 Å². The van der Waals surface area contributed by atoms with E-state index in [0.29, 0.717) is 0 Å². The second-order valence-corrected chi connectivity index (χ2v) is 4.39. The van der Waals surface area contributed by atoms with Crippen LogP contribution in [0.4, 0.5) is 0 Å². The van der Waals surface area contributed by atoms with Gasteiger partial charge in [-0.1, -0.05) is 12.1 Å². The van der Waals surface area contributed by atoms with Crippen LogP contribution < -0.4 is 10.5 Å². The molecule has 1 atom stereocenters. The van der Waals surface area contributed by atoms with Gasteiger partial charge in [0.05, 0.1) is 7.11 Å². The van der Waals surface area contributed by atoms with E-state index in [1.54, 1.807) is 7.11 Å². The molecule has 0 bridgehead atoms. The second-order valence-electron chi connectivity index (χ2n) is 4.39. The van der Waals surface area contributed by atoms with E-state index in [-0.39, 0.29) is 6.04 Å². The quantitative estimate of drug-likeness (QED) is 0.840. The Morgan fingerprint density at radius 2 is 1.88 bits per heavy atom. The molecular weight excluding hydrogens is 200 g/mol. The van der Waals surface area contributed by atoms with Crippen molar-refractivity contribution >= 4 is 0 Å². The van der Waals surface area contributed by atoms with Gasteiger partial charge in [0.2, 0.25) is 0 Å². The maximum absolute atomic E-state index is 6.18. The largest absolute Gasteiger partial charge is 0.497 e. The maximum Gasteiger partial charge on any atom is 0.118 e. The molecule has 2 N–H and O–H groups in total. The molecule has 1 saturated heterocycles. The van der Waals surface area contributed by atoms with Gasteiger partial charge in [0.15, 0.2) is 0 Å². The third-order valence-electron chi connectivity index (χ3n) is 3.20. The first kappa shape index (κ1) is 11.4. The monoisotopic (exact) mass is 220 g/mol. The average Bonchev–Trinajstić information content (AvgIpc) is 2.82. The van der Waals surface area contributed by atoms with Gasteiger partial charge in [-0.05, 0) is 43.6 Å². The summed E-state index contributed by atoms with van der Waals surface area (Å²) in [4.78, 5) is 2.44. The van der Waals surface area contributed by atoms with Crippen LogP contribution in [-0.4, -0.2) is 31.6 Å². The maximum atomic E-state index is 6.18. The topological polar surface area (TPSA) is 38.5 Å². The summed E-state index contributed by atoms with van der Waals surface area (Å²) in [6.45, 7) is 3.36. The number of hydrogen-bond donors (Lipinski definition) is 1. The highest BCUT2D eigenvalue weighted by Gasteiger charge is 2.15. The van der Waals surface area contributed by atoms with Crippen molar-refractivity contribution in [3.8, 4) is 5.75 Å². The van der Waals surface area contributed by atoms with E-state index in [1.807, 2.05) is 12.1 Å². The van der Waals surface area contributed by atoms with Gasteiger partial charge in [-0.2, -0.15) is 0 Å². The number of benzene rings is 1. The lowest BCUT2D eigenvalue weighted by molar-refractivity contribution is 0.316. The third kappa shape index (κ3) is 2.74. The van der Waals surface area contributed by atoms with Crippen LogP contribution >= 0.6 is 0 Å². The Bertz CT molecular complexity index is 317. The highest BCUT2D eigenvalue weighted by molar-refractivity contribution is 5.29. The third-order valence-corrected chi connectivity index (χ3v) is 3.20. The zero-order valence-corrected chi connectivity index (χ0v) is 9.86. The molecule has 0 aromatic heterocycles. The Morgan fingerprint density at radius 1 is 1.25 bits per heavy atom. The number of nitrogens with two attached hydrogens (primary N) is 1. The zero-order valence-electron chi connectivity index (χ0n) is 9.86. The molecule has 0 amide bonds. The van der Waals surface area contributed by atoms with Gasteiger partial charge >= 0.3 is 0 Å². The molecule has 0 spiro atoms. The minimum absolute atomic E-state index is 0.115. The lowest BCUT2D eigenvalue weighted by atomic mass is 10.1. The van der Waals surface area contributed by atoms with Crippen LogP contribution in [0.1, 0.15) is 24.4 Å². The normalized spacial score (nSPS) is 18.6. The van der Waals surface area contributed by atoms with Crippen molar-refractivity contribution < 1.29 is 4.74 Å². The molecule has 16 heavy (non-hydrogen) atoms. The van der Waals surface area contributed by atoms with Gasteiger partial charge in [0.1, 0.15) is 5.75 Å². The van der Waals surface area contributed by atoms with Crippen molar-refractivity contribution in [1.29, 1.82) is 0 Å². The Kier molecular flexibility index (Phi) is 3.80. The van der Waals surface area contributed by atoms with Gasteiger partial charge in [-0.3, -0.25) is 0 Å². The summed E-state index contributed by atoms with van der Waals surface area (Å²) in [6, 6.07) is 8.17. The Balaban J connectivity index is 1.94. The van der Waals surface area contributed by atoms with Crippen molar-refractivity contribution in [2.75, 3.05) is 26.7 Å². The SMILES string of the molecule is COc1ccc([C@H](N)CN2CCCC2)cc1. The lowest BCUT2D eigenvalue weighted by Gasteiger charge is -2.20. The number of likely N-dealkylation sites (tertiary alicyclic amines) is 1. The Morgan fingerprint density at radius 3 is 2.44 bits per heavy atom. The van der Waals surface area contributed by atoms with Crippen LogP contribution in [0.2, 0.25) is 0 Å². The van der Waals surface area contributed by atoms with Crippen molar-refractivity contribution in [3.63, 3.8) is 0 Å². The predicted octanol–water partition coefficient (Wildman–Crippen LogP) is 1.79. The summed E-state index contributed by atoms with van der Waals surface area (Å²) in [5.41, 5.74) is 7.37. The first-order chi connectivity index (χ1) is 7.79. The van der Waals surface area contributed by atoms with E-state index >= 15 is 0 Å². The van der Waals surface area contributed by atoms with Gasteiger partial charge in [0.25, 0.3) is 0 Å². The smallest absolute Gasteiger partial charge is 0.118 e. The van der Waals surface area contributed by atoms with Gasteiger partial charge in [0, 0.05) is 12.6 Å². The van der Waals surface area contributed by atoms with E-state index in [9.17, 15) is 0 Å². The minimum Gasteiger partial charge on any atom is -0.497 e. The van der Waals surface area contributed by atoms with Gasteiger partial charge < -0.3 is 15.4 Å². The average molecular weight is 220 g/mol. The first-order valence-corrected chi connectivity index (χ1v) is 5.91. The number of hydrogen-bond acceptors (Lipinski definition) is 3. The second kappa shape index (κ2) is 5.32. The number of ether oxygens (including phenoxy) is 1. The summed E-state index contributed by atoms with van der Waals surface area (Å²) in [5.74, 6) is 0.886. The highest BCUT2D eigenvalue weighted by Crippen LogP contribution is 2.18. The molecule has 3 nitrogen and oxygen atoms in total. The molecule has 1 aliphatic rings. The van der Waals surface area contributed by atoms with Crippen molar-refractivity contribution in [2.24, 2.45) is 5.73 Å². The molecule has 0 radical (unpaired) electrons. The highest BCUT2D eigenvalue weighted by atomic mass is 16.5. The summed E-state index contributed by atoms with van der Waals surface area (Å²) in [7, 11) is 1.68. The molecule has 88 valence electrons. The molecule has 1 aromatic rings. The molecule has 2 rings (SSSR count). The van der Waals surface area contributed by atoms with E-state index in [4.69, 9.17) is 10.5 Å². The first-order valence-electron chi connectivity index (χ1n) is 5.91. The molecule has 1 fully saturated rings. The van der Waals surface area contributed by atoms with Crippen LogP contribution in [0.15, 0.2) is 24.3 Å². The molecule has 1 aliphatic heterocycles. The Labute approximate surface area is 97.2 Å². The van der Waals surface area contributed by atoms with Crippen LogP contribution in [0.3, 0.4) is 0 Å². The summed E-state index contributed by atoms with van der Waals surface area (Å²) < 4.78 is 5.13. The fraction of sp³-hybridized carbons (Fsp3) is 0.538. The van der Waals surface area contributed by atoms with Crippen molar-refractivity contribution in [1.82, 2.24) is 4.90 Å². The van der Waals surface area contributed by atoms with Gasteiger partial charge in [-0.25, -0.2) is 0 Å². The zero-order chi connectivity index (χ0) is 11.4. The number of methoxy groups -OCH3 is 1. The predicted molar refractivity (Wildman–Crippen MR) is 65.6 cm³/mol. The van der Waals surface area contributed by atoms with E-state index in [2.05, 4.69) is 17.0 Å². The minimum atomic E-state index is 0.115. The van der Waals surface area contributed by atoms with Crippen molar-refractivity contribution in [3.05, 3.63) is 29.8 Å². The molecule has 1 heterocycles. The van der Waals surface area contributed by atoms with Crippen molar-refractivity contribution in [2.45, 2.75) is 18.9 Å². The summed E-state index contributed by atoms with van der Waals surface area (Å²) >= 11 is 0. The molecule has 0 saturated carbocycles. The summed E-state index contributed by atoms with van der Waals surface area (Å²) in [6.07, 6.45) is 2.63. The molecule has 0 aliphatic carbocycles. The number of nitrogens with zero attached hydrogens (tertiary/aromatic N) is 1. The standard InChI is InChI=1S/C13H20N2O/c1-16-12-6-4-11(5-7-12)13(14)10-15-8-2-3-9-15/h4-7,13H,2-3,8-10,14H2,1H3/t13-/m1/s1. The molecule has 1 aromatic carbocycles. The number of rotatable bonds is 4. The van der Waals surface area contributed by atoms with Crippen LogP contribution in [-0.2, 0) is 0 Å². The fourth-order valence-corrected chi connectivity index (χ4v) is 2.20. The molecule has 0 unspecified atom stereocenters. The molecular formula is C13H20N2O. The lowest BCUT2D eigenvalue weighted by Crippen LogP contribution is -2.29. The van der Waals surface area contributed by atoms with E-state index in [0.717, 1.165) is 12.3 Å². The summed E-state index contributed by atoms with van der Waals surface area (Å²) in [5, 5.41) is 0. The fourth-order valence-electron chi connectivity index (χ4n) is 2.20. The van der Waals surface area contributed by atoms with Crippen LogP contribution in [0, 0.1) is 0 Å². The molecule has 3 heteroatoms. The van der Waals surface area contributed by atoms with E-state index < -0.39 is 0 Å². The van der Waals surface area contributed by atoms with Crippen LogP contribution in [0.25, 0.3) is 0 Å². The van der Waals surface area contributed by atoms with Gasteiger partial charge in [-0.15, -0.1) is 0 Å². The Hall–Kier alpha value is -1.06. The van der Waals surface area contributed by atoms with E-state index in [1.165, 1.54) is 31.5 Å².